The molecule has 0 aliphatic rings. The third kappa shape index (κ3) is 15.2. The Morgan fingerprint density at radius 1 is 0.667 bits per heavy atom. The summed E-state index contributed by atoms with van der Waals surface area (Å²) in [6, 6.07) is 0. The molecular formula is C21H41BrN2. The van der Waals surface area contributed by atoms with Gasteiger partial charge in [-0.15, -0.1) is 17.0 Å². The molecule has 0 aromatic carbocycles. The molecule has 0 bridgehead atoms. The summed E-state index contributed by atoms with van der Waals surface area (Å²) in [6.45, 7) is 2.29. The molecule has 1 rings (SSSR count). The molecule has 1 heterocycles. The minimum absolute atomic E-state index is 0. The Hall–Kier alpha value is -0.310. The minimum atomic E-state index is 0. The van der Waals surface area contributed by atoms with E-state index in [1.807, 2.05) is 12.4 Å². The Bertz CT molecular complexity index is 325. The number of rotatable bonds is 17. The molecule has 24 heavy (non-hydrogen) atoms. The summed E-state index contributed by atoms with van der Waals surface area (Å²) >= 11 is 0. The van der Waals surface area contributed by atoms with Crippen molar-refractivity contribution in [3.8, 4) is 0 Å². The molecule has 142 valence electrons. The van der Waals surface area contributed by atoms with Crippen molar-refractivity contribution in [2.75, 3.05) is 0 Å². The van der Waals surface area contributed by atoms with E-state index in [-0.39, 0.29) is 17.0 Å². The van der Waals surface area contributed by atoms with Gasteiger partial charge in [-0.05, 0) is 6.42 Å². The Morgan fingerprint density at radius 3 is 1.46 bits per heavy atom. The van der Waals surface area contributed by atoms with Gasteiger partial charge < -0.3 is 4.98 Å². The number of hydrogen-bond donors (Lipinski definition) is 1. The van der Waals surface area contributed by atoms with Crippen molar-refractivity contribution in [3.63, 3.8) is 0 Å². The topological polar surface area (TPSA) is 28.7 Å². The molecule has 0 fully saturated rings. The lowest BCUT2D eigenvalue weighted by Gasteiger charge is -2.03. The Balaban J connectivity index is 0.00000529. The van der Waals surface area contributed by atoms with Crippen molar-refractivity contribution in [1.82, 2.24) is 9.97 Å². The van der Waals surface area contributed by atoms with Crippen LogP contribution in [0.3, 0.4) is 0 Å². The van der Waals surface area contributed by atoms with E-state index in [0.29, 0.717) is 0 Å². The quantitative estimate of drug-likeness (QED) is 0.265. The first kappa shape index (κ1) is 23.7. The molecule has 0 aliphatic heterocycles. The molecule has 0 atom stereocenters. The van der Waals surface area contributed by atoms with Gasteiger partial charge in [-0.1, -0.05) is 103 Å². The normalized spacial score (nSPS) is 10.7. The van der Waals surface area contributed by atoms with Crippen molar-refractivity contribution in [2.24, 2.45) is 0 Å². The molecule has 0 saturated heterocycles. The largest absolute Gasteiger partial charge is 0.349 e. The summed E-state index contributed by atoms with van der Waals surface area (Å²) in [5.74, 6) is 1.15. The molecule has 3 heteroatoms. The van der Waals surface area contributed by atoms with Crippen LogP contribution in [0, 0.1) is 0 Å². The fourth-order valence-corrected chi connectivity index (χ4v) is 3.28. The molecule has 2 nitrogen and oxygen atoms in total. The van der Waals surface area contributed by atoms with Gasteiger partial charge in [-0.25, -0.2) is 4.98 Å². The van der Waals surface area contributed by atoms with Crippen LogP contribution in [0.5, 0.6) is 0 Å². The number of nitrogens with zero attached hydrogens (tertiary/aromatic N) is 1. The van der Waals surface area contributed by atoms with Gasteiger partial charge in [0.2, 0.25) is 0 Å². The van der Waals surface area contributed by atoms with Crippen molar-refractivity contribution >= 4 is 17.0 Å². The molecule has 1 aromatic heterocycles. The fourth-order valence-electron chi connectivity index (χ4n) is 3.28. The molecule has 0 radical (unpaired) electrons. The minimum Gasteiger partial charge on any atom is -0.349 e. The second kappa shape index (κ2) is 19.0. The lowest BCUT2D eigenvalue weighted by molar-refractivity contribution is 0.529. The zero-order valence-corrected chi connectivity index (χ0v) is 17.7. The maximum atomic E-state index is 4.27. The summed E-state index contributed by atoms with van der Waals surface area (Å²) in [4.78, 5) is 7.45. The van der Waals surface area contributed by atoms with E-state index in [1.54, 1.807) is 0 Å². The monoisotopic (exact) mass is 400 g/mol. The first-order chi connectivity index (χ1) is 11.4. The van der Waals surface area contributed by atoms with Crippen LogP contribution in [-0.2, 0) is 6.42 Å². The van der Waals surface area contributed by atoms with E-state index in [9.17, 15) is 0 Å². The third-order valence-corrected chi connectivity index (χ3v) is 4.82. The summed E-state index contributed by atoms with van der Waals surface area (Å²) in [5, 5.41) is 0. The number of H-pyrrole nitrogens is 1. The van der Waals surface area contributed by atoms with Gasteiger partial charge in [0.1, 0.15) is 5.82 Å². The lowest BCUT2D eigenvalue weighted by atomic mass is 10.0. The predicted molar refractivity (Wildman–Crippen MR) is 112 cm³/mol. The van der Waals surface area contributed by atoms with Crippen LogP contribution in [0.25, 0.3) is 0 Å². The van der Waals surface area contributed by atoms with Crippen molar-refractivity contribution in [2.45, 2.75) is 116 Å². The highest BCUT2D eigenvalue weighted by atomic mass is 79.9. The molecular weight excluding hydrogens is 360 g/mol. The Morgan fingerprint density at radius 2 is 1.08 bits per heavy atom. The van der Waals surface area contributed by atoms with Crippen LogP contribution < -0.4 is 0 Å². The lowest BCUT2D eigenvalue weighted by Crippen LogP contribution is -1.88. The zero-order valence-electron chi connectivity index (χ0n) is 16.0. The smallest absolute Gasteiger partial charge is 0.105 e. The second-order valence-corrected chi connectivity index (χ2v) is 7.09. The van der Waals surface area contributed by atoms with Gasteiger partial charge in [-0.3, -0.25) is 0 Å². The van der Waals surface area contributed by atoms with E-state index < -0.39 is 0 Å². The third-order valence-electron chi connectivity index (χ3n) is 4.82. The van der Waals surface area contributed by atoms with Gasteiger partial charge in [0.25, 0.3) is 0 Å². The number of hydrogen-bond acceptors (Lipinski definition) is 1. The number of aromatic nitrogens is 2. The van der Waals surface area contributed by atoms with Gasteiger partial charge in [0.05, 0.1) is 0 Å². The van der Waals surface area contributed by atoms with E-state index in [2.05, 4.69) is 16.9 Å². The van der Waals surface area contributed by atoms with Crippen molar-refractivity contribution in [3.05, 3.63) is 18.2 Å². The summed E-state index contributed by atoms with van der Waals surface area (Å²) in [5.41, 5.74) is 0. The van der Waals surface area contributed by atoms with E-state index in [4.69, 9.17) is 0 Å². The van der Waals surface area contributed by atoms with Crippen molar-refractivity contribution < 1.29 is 0 Å². The molecule has 1 aromatic rings. The predicted octanol–water partition coefficient (Wildman–Crippen LogP) is 7.79. The van der Waals surface area contributed by atoms with Gasteiger partial charge >= 0.3 is 0 Å². The average Bonchev–Trinajstić information content (AvgIpc) is 3.08. The average molecular weight is 401 g/mol. The van der Waals surface area contributed by atoms with E-state index in [0.717, 1.165) is 12.2 Å². The number of nitrogens with one attached hydrogen (secondary N) is 1. The highest BCUT2D eigenvalue weighted by Gasteiger charge is 1.96. The molecule has 0 saturated carbocycles. The number of aromatic amines is 1. The second-order valence-electron chi connectivity index (χ2n) is 7.09. The standard InChI is InChI=1S/C21H40N2.BrH/c1-2-3-4-5-6-7-8-9-10-11-12-13-14-15-16-17-18-21-22-19-20-23-21;/h19-20H,2-18H2,1H3,(H,22,23);1H. The maximum absolute atomic E-state index is 4.27. The van der Waals surface area contributed by atoms with Gasteiger partial charge in [0, 0.05) is 18.8 Å². The molecule has 0 spiro atoms. The first-order valence-corrected chi connectivity index (χ1v) is 10.4. The number of halogens is 1. The Labute approximate surface area is 161 Å². The molecule has 0 aliphatic carbocycles. The molecule has 0 amide bonds. The number of imidazole rings is 1. The zero-order chi connectivity index (χ0) is 16.4. The maximum Gasteiger partial charge on any atom is 0.105 e. The highest BCUT2D eigenvalue weighted by Crippen LogP contribution is 2.14. The van der Waals surface area contributed by atoms with Crippen LogP contribution in [-0.4, -0.2) is 9.97 Å². The molecule has 0 unspecified atom stereocenters. The highest BCUT2D eigenvalue weighted by molar-refractivity contribution is 8.93. The molecule has 1 N–H and O–H groups in total. The van der Waals surface area contributed by atoms with E-state index >= 15 is 0 Å². The Kier molecular flexibility index (Phi) is 18.8. The van der Waals surface area contributed by atoms with Gasteiger partial charge in [-0.2, -0.15) is 0 Å². The SMILES string of the molecule is Br.CCCCCCCCCCCCCCCCCCc1ncc[nH]1. The van der Waals surface area contributed by atoms with Crippen molar-refractivity contribution in [1.29, 1.82) is 0 Å². The number of aryl methyl sites for hydroxylation is 1. The van der Waals surface area contributed by atoms with Crippen LogP contribution in [0.1, 0.15) is 115 Å². The van der Waals surface area contributed by atoms with E-state index in [1.165, 1.54) is 103 Å². The van der Waals surface area contributed by atoms with Crippen LogP contribution in [0.15, 0.2) is 12.4 Å². The fraction of sp³-hybridized carbons (Fsp3) is 0.857. The van der Waals surface area contributed by atoms with Crippen LogP contribution in [0.2, 0.25) is 0 Å². The van der Waals surface area contributed by atoms with Crippen LogP contribution >= 0.6 is 17.0 Å². The van der Waals surface area contributed by atoms with Crippen LogP contribution in [0.4, 0.5) is 0 Å². The van der Waals surface area contributed by atoms with Gasteiger partial charge in [0.15, 0.2) is 0 Å². The summed E-state index contributed by atoms with van der Waals surface area (Å²) in [7, 11) is 0. The summed E-state index contributed by atoms with van der Waals surface area (Å²) < 4.78 is 0. The number of unbranched alkanes of at least 4 members (excludes halogenated alkanes) is 15. The summed E-state index contributed by atoms with van der Waals surface area (Å²) in [6.07, 6.45) is 27.8. The first-order valence-electron chi connectivity index (χ1n) is 10.4.